The van der Waals surface area contributed by atoms with Gasteiger partial charge in [-0.25, -0.2) is 0 Å². The molecule has 0 aromatic carbocycles. The van der Waals surface area contributed by atoms with Crippen LogP contribution in [0.25, 0.3) is 0 Å². The quantitative estimate of drug-likeness (QED) is 0.424. The largest absolute Gasteiger partial charge is 0.463 e. The molecule has 1 aliphatic heterocycles. The van der Waals surface area contributed by atoms with Crippen LogP contribution >= 0.6 is 0 Å². The maximum atomic E-state index is 12.5. The molecule has 9 heteroatoms. The van der Waals surface area contributed by atoms with Crippen LogP contribution in [-0.4, -0.2) is 60.3 Å². The number of aliphatic hydroxyl groups is 1. The normalized spacial score (nSPS) is 24.5. The first-order valence-electron chi connectivity index (χ1n) is 10.2. The number of cyclic esters (lactones) is 1. The predicted molar refractivity (Wildman–Crippen MR) is 109 cm³/mol. The summed E-state index contributed by atoms with van der Waals surface area (Å²) in [7, 11) is 0. The van der Waals surface area contributed by atoms with E-state index in [4.69, 9.17) is 14.6 Å². The highest BCUT2D eigenvalue weighted by Gasteiger charge is 2.28. The Morgan fingerprint density at radius 1 is 1.20 bits per heavy atom. The van der Waals surface area contributed by atoms with Crippen LogP contribution in [0, 0.1) is 11.8 Å². The van der Waals surface area contributed by atoms with Gasteiger partial charge in [0, 0.05) is 13.0 Å². The first-order valence-corrected chi connectivity index (χ1v) is 10.2. The average Bonchev–Trinajstić information content (AvgIpc) is 2.63. The van der Waals surface area contributed by atoms with Gasteiger partial charge in [-0.05, 0) is 40.5 Å². The number of rotatable bonds is 6. The van der Waals surface area contributed by atoms with E-state index in [2.05, 4.69) is 10.6 Å². The second kappa shape index (κ2) is 12.3. The second-order valence-corrected chi connectivity index (χ2v) is 8.44. The third kappa shape index (κ3) is 10.4. The van der Waals surface area contributed by atoms with Crippen LogP contribution in [0.4, 0.5) is 0 Å². The first kappa shape index (κ1) is 25.6. The molecular formula is C21H34N2O7. The third-order valence-corrected chi connectivity index (χ3v) is 4.28. The minimum Gasteiger partial charge on any atom is -0.463 e. The van der Waals surface area contributed by atoms with Crippen LogP contribution in [0.5, 0.6) is 0 Å². The van der Waals surface area contributed by atoms with E-state index in [9.17, 15) is 19.2 Å². The molecule has 3 N–H and O–H groups in total. The van der Waals surface area contributed by atoms with Crippen LogP contribution in [0.3, 0.4) is 0 Å². The summed E-state index contributed by atoms with van der Waals surface area (Å²) in [5, 5.41) is 14.1. The molecule has 0 bridgehead atoms. The van der Waals surface area contributed by atoms with Gasteiger partial charge in [0.05, 0.1) is 30.9 Å². The molecule has 2 amide bonds. The summed E-state index contributed by atoms with van der Waals surface area (Å²) in [6.07, 6.45) is 3.88. The number of carbonyl (C=O) groups is 4. The zero-order valence-corrected chi connectivity index (χ0v) is 18.2. The lowest BCUT2D eigenvalue weighted by molar-refractivity contribution is -0.161. The Bertz CT molecular complexity index is 640. The predicted octanol–water partition coefficient (Wildman–Crippen LogP) is 0.847. The SMILES string of the molecule is C[C@@H]1COC(=O)[C@@H](CC(=O)OC(C)(C)C)C/C=C\C[C@H](CC(=O)NCCO)C(=O)N1. The van der Waals surface area contributed by atoms with Crippen molar-refractivity contribution in [3.05, 3.63) is 12.2 Å². The summed E-state index contributed by atoms with van der Waals surface area (Å²) in [6.45, 7) is 6.87. The van der Waals surface area contributed by atoms with Gasteiger partial charge >= 0.3 is 11.9 Å². The molecule has 0 aromatic heterocycles. The fraction of sp³-hybridized carbons (Fsp3) is 0.714. The summed E-state index contributed by atoms with van der Waals surface area (Å²) < 4.78 is 10.6. The Labute approximate surface area is 177 Å². The van der Waals surface area contributed by atoms with Gasteiger partial charge in [-0.1, -0.05) is 12.2 Å². The smallest absolute Gasteiger partial charge is 0.309 e. The third-order valence-electron chi connectivity index (χ3n) is 4.28. The number of allylic oxidation sites excluding steroid dienone is 2. The van der Waals surface area contributed by atoms with E-state index in [1.165, 1.54) is 0 Å². The van der Waals surface area contributed by atoms with Crippen LogP contribution in [0.1, 0.15) is 53.4 Å². The van der Waals surface area contributed by atoms with Gasteiger partial charge < -0.3 is 25.2 Å². The summed E-state index contributed by atoms with van der Waals surface area (Å²) in [6, 6.07) is -0.449. The molecule has 0 radical (unpaired) electrons. The lowest BCUT2D eigenvalue weighted by Crippen LogP contribution is -2.42. The van der Waals surface area contributed by atoms with Crippen LogP contribution in [0.15, 0.2) is 12.2 Å². The van der Waals surface area contributed by atoms with Crippen molar-refractivity contribution in [1.82, 2.24) is 10.6 Å². The number of hydrogen-bond acceptors (Lipinski definition) is 7. The van der Waals surface area contributed by atoms with E-state index in [1.807, 2.05) is 0 Å². The number of esters is 2. The van der Waals surface area contributed by atoms with Gasteiger partial charge in [-0.2, -0.15) is 0 Å². The zero-order valence-electron chi connectivity index (χ0n) is 18.2. The number of carbonyl (C=O) groups excluding carboxylic acids is 4. The molecule has 0 unspecified atom stereocenters. The maximum absolute atomic E-state index is 12.5. The fourth-order valence-corrected chi connectivity index (χ4v) is 2.87. The minimum absolute atomic E-state index is 0.0238. The van der Waals surface area contributed by atoms with Gasteiger partial charge in [0.15, 0.2) is 0 Å². The number of nitrogens with one attached hydrogen (secondary N) is 2. The molecule has 3 atom stereocenters. The van der Waals surface area contributed by atoms with E-state index in [1.54, 1.807) is 39.8 Å². The van der Waals surface area contributed by atoms with Crippen molar-refractivity contribution in [3.63, 3.8) is 0 Å². The van der Waals surface area contributed by atoms with E-state index in [0.717, 1.165) is 0 Å². The maximum Gasteiger partial charge on any atom is 0.309 e. The lowest BCUT2D eigenvalue weighted by atomic mass is 9.96. The Kier molecular flexibility index (Phi) is 10.5. The topological polar surface area (TPSA) is 131 Å². The number of hydrogen-bond donors (Lipinski definition) is 3. The highest BCUT2D eigenvalue weighted by atomic mass is 16.6. The number of aliphatic hydroxyl groups excluding tert-OH is 1. The van der Waals surface area contributed by atoms with Crippen molar-refractivity contribution >= 4 is 23.8 Å². The summed E-state index contributed by atoms with van der Waals surface area (Å²) in [5.41, 5.74) is -0.648. The van der Waals surface area contributed by atoms with Crippen LogP contribution < -0.4 is 10.6 Å². The molecule has 1 rings (SSSR count). The Morgan fingerprint density at radius 2 is 1.83 bits per heavy atom. The molecule has 0 spiro atoms. The molecule has 1 heterocycles. The molecule has 0 fully saturated rings. The van der Waals surface area contributed by atoms with E-state index < -0.39 is 35.4 Å². The average molecular weight is 427 g/mol. The summed E-state index contributed by atoms with van der Waals surface area (Å²) in [4.78, 5) is 49.0. The van der Waals surface area contributed by atoms with Crippen LogP contribution in [0.2, 0.25) is 0 Å². The molecular weight excluding hydrogens is 392 g/mol. The lowest BCUT2D eigenvalue weighted by Gasteiger charge is -2.23. The molecule has 30 heavy (non-hydrogen) atoms. The zero-order chi connectivity index (χ0) is 22.7. The molecule has 1 aliphatic rings. The molecule has 0 saturated carbocycles. The first-order chi connectivity index (χ1) is 14.0. The fourth-order valence-electron chi connectivity index (χ4n) is 2.87. The number of ether oxygens (including phenoxy) is 2. The van der Waals surface area contributed by atoms with Crippen molar-refractivity contribution < 1.29 is 33.8 Å². The Hall–Kier alpha value is -2.42. The Morgan fingerprint density at radius 3 is 2.43 bits per heavy atom. The van der Waals surface area contributed by atoms with E-state index in [0.29, 0.717) is 6.42 Å². The van der Waals surface area contributed by atoms with E-state index >= 15 is 0 Å². The highest BCUT2D eigenvalue weighted by molar-refractivity contribution is 5.86. The molecule has 0 saturated heterocycles. The monoisotopic (exact) mass is 426 g/mol. The molecule has 9 nitrogen and oxygen atoms in total. The summed E-state index contributed by atoms with van der Waals surface area (Å²) in [5.74, 6) is -2.93. The standard InChI is InChI=1S/C21H34N2O7/c1-14-13-29-20(28)16(12-18(26)30-21(2,3)4)8-6-5-7-15(19(27)23-14)11-17(25)22-9-10-24/h5-6,14-16,24H,7-13H2,1-4H3,(H,22,25)(H,23,27)/b6-5-/t14-,15-,16-/m1/s1. The minimum atomic E-state index is -0.690. The van der Waals surface area contributed by atoms with Crippen molar-refractivity contribution in [3.8, 4) is 0 Å². The Balaban J connectivity index is 2.85. The van der Waals surface area contributed by atoms with Gasteiger partial charge in [-0.3, -0.25) is 19.2 Å². The molecule has 0 aliphatic carbocycles. The van der Waals surface area contributed by atoms with Crippen molar-refractivity contribution in [2.45, 2.75) is 65.0 Å². The second-order valence-electron chi connectivity index (χ2n) is 8.44. The summed E-state index contributed by atoms with van der Waals surface area (Å²) >= 11 is 0. The number of amides is 2. The van der Waals surface area contributed by atoms with Crippen molar-refractivity contribution in [2.24, 2.45) is 11.8 Å². The van der Waals surface area contributed by atoms with Crippen molar-refractivity contribution in [1.29, 1.82) is 0 Å². The van der Waals surface area contributed by atoms with E-state index in [-0.39, 0.29) is 50.8 Å². The van der Waals surface area contributed by atoms with Gasteiger partial charge in [-0.15, -0.1) is 0 Å². The van der Waals surface area contributed by atoms with Gasteiger partial charge in [0.25, 0.3) is 0 Å². The van der Waals surface area contributed by atoms with Gasteiger partial charge in [0.1, 0.15) is 12.2 Å². The molecule has 0 aromatic rings. The molecule has 170 valence electrons. The van der Waals surface area contributed by atoms with Crippen LogP contribution in [-0.2, 0) is 28.7 Å². The van der Waals surface area contributed by atoms with Gasteiger partial charge in [0.2, 0.25) is 11.8 Å². The highest BCUT2D eigenvalue weighted by Crippen LogP contribution is 2.19. The van der Waals surface area contributed by atoms with Crippen molar-refractivity contribution in [2.75, 3.05) is 19.8 Å².